The second kappa shape index (κ2) is 8.05. The van der Waals surface area contributed by atoms with Crippen LogP contribution in [0.2, 0.25) is 10.0 Å². The molecule has 1 N–H and O–H groups in total. The molecule has 0 heterocycles. The van der Waals surface area contributed by atoms with E-state index in [-0.39, 0.29) is 0 Å². The zero-order chi connectivity index (χ0) is 20.4. The smallest absolute Gasteiger partial charge is 0.325 e. The van der Waals surface area contributed by atoms with E-state index in [4.69, 9.17) is 23.2 Å². The molecule has 27 heavy (non-hydrogen) atoms. The molecule has 0 radical (unpaired) electrons. The van der Waals surface area contributed by atoms with Gasteiger partial charge in [-0.1, -0.05) is 29.3 Å². The number of alkyl halides is 3. The maximum atomic E-state index is 12.9. The van der Waals surface area contributed by atoms with Crippen molar-refractivity contribution in [1.82, 2.24) is 4.31 Å². The summed E-state index contributed by atoms with van der Waals surface area (Å²) in [4.78, 5) is 11.4. The van der Waals surface area contributed by atoms with Crippen LogP contribution in [0.25, 0.3) is 0 Å². The van der Waals surface area contributed by atoms with Crippen LogP contribution in [0.3, 0.4) is 0 Å². The number of sulfonamides is 1. The molecule has 0 aliphatic rings. The van der Waals surface area contributed by atoms with Crippen molar-refractivity contribution in [3.05, 3.63) is 58.1 Å². The topological polar surface area (TPSA) is 66.5 Å². The van der Waals surface area contributed by atoms with Gasteiger partial charge in [-0.05, 0) is 36.4 Å². The van der Waals surface area contributed by atoms with Gasteiger partial charge < -0.3 is 5.32 Å². The summed E-state index contributed by atoms with van der Waals surface area (Å²) < 4.78 is 64.4. The van der Waals surface area contributed by atoms with E-state index in [2.05, 4.69) is 5.32 Å². The van der Waals surface area contributed by atoms with Crippen molar-refractivity contribution in [1.29, 1.82) is 0 Å². The monoisotopic (exact) mass is 440 g/mol. The number of carbonyl (C=O) groups excluding carboxylic acids is 1. The summed E-state index contributed by atoms with van der Waals surface area (Å²) in [5, 5.41) is 2.20. The Hall–Kier alpha value is -1.81. The zero-order valence-electron chi connectivity index (χ0n) is 13.7. The Balaban J connectivity index is 2.20. The van der Waals surface area contributed by atoms with Crippen molar-refractivity contribution in [2.45, 2.75) is 11.1 Å². The molecule has 0 fully saturated rings. The largest absolute Gasteiger partial charge is 0.417 e. The molecule has 0 aromatic heterocycles. The van der Waals surface area contributed by atoms with E-state index in [0.29, 0.717) is 21.1 Å². The van der Waals surface area contributed by atoms with Crippen LogP contribution < -0.4 is 5.32 Å². The van der Waals surface area contributed by atoms with Crippen LogP contribution in [0.5, 0.6) is 0 Å². The highest BCUT2D eigenvalue weighted by molar-refractivity contribution is 7.89. The molecule has 146 valence electrons. The van der Waals surface area contributed by atoms with E-state index in [1.165, 1.54) is 6.07 Å². The highest BCUT2D eigenvalue weighted by Gasteiger charge is 2.35. The Morgan fingerprint density at radius 1 is 1.15 bits per heavy atom. The van der Waals surface area contributed by atoms with Crippen molar-refractivity contribution >= 4 is 44.8 Å². The minimum Gasteiger partial charge on any atom is -0.325 e. The van der Waals surface area contributed by atoms with Gasteiger partial charge in [-0.15, -0.1) is 0 Å². The Kier molecular flexibility index (Phi) is 6.41. The van der Waals surface area contributed by atoms with Crippen LogP contribution in [0.15, 0.2) is 47.4 Å². The van der Waals surface area contributed by atoms with Crippen molar-refractivity contribution in [3.63, 3.8) is 0 Å². The third-order valence-corrected chi connectivity index (χ3v) is 5.79. The van der Waals surface area contributed by atoms with Gasteiger partial charge in [0.15, 0.2) is 0 Å². The number of nitrogens with one attached hydrogen (secondary N) is 1. The van der Waals surface area contributed by atoms with Gasteiger partial charge in [0.2, 0.25) is 15.9 Å². The summed E-state index contributed by atoms with van der Waals surface area (Å²) in [6.07, 6.45) is -4.81. The van der Waals surface area contributed by atoms with E-state index in [0.717, 1.165) is 19.2 Å². The standard InChI is InChI=1S/C16H13Cl2F3N2O3S/c1-23(9-15(24)22-11-4-2-3-10(17)7-11)27(25,26)12-5-6-14(18)13(8-12)16(19,20)21/h2-8H,9H2,1H3,(H,22,24). The second-order valence-electron chi connectivity index (χ2n) is 5.46. The van der Waals surface area contributed by atoms with E-state index in [1.807, 2.05) is 0 Å². The molecule has 0 saturated carbocycles. The lowest BCUT2D eigenvalue weighted by molar-refractivity contribution is -0.137. The maximum Gasteiger partial charge on any atom is 0.417 e. The Morgan fingerprint density at radius 3 is 2.41 bits per heavy atom. The van der Waals surface area contributed by atoms with Gasteiger partial charge in [0, 0.05) is 17.8 Å². The first-order valence-corrected chi connectivity index (χ1v) is 9.49. The summed E-state index contributed by atoms with van der Waals surface area (Å²) in [5.41, 5.74) is -0.925. The van der Waals surface area contributed by atoms with Gasteiger partial charge in [-0.25, -0.2) is 8.42 Å². The fourth-order valence-electron chi connectivity index (χ4n) is 2.12. The van der Waals surface area contributed by atoms with Gasteiger partial charge in [-0.3, -0.25) is 4.79 Å². The molecule has 1 amide bonds. The lowest BCUT2D eigenvalue weighted by Crippen LogP contribution is -2.35. The molecule has 0 aliphatic carbocycles. The van der Waals surface area contributed by atoms with Gasteiger partial charge >= 0.3 is 6.18 Å². The van der Waals surface area contributed by atoms with E-state index >= 15 is 0 Å². The number of halogens is 5. The highest BCUT2D eigenvalue weighted by Crippen LogP contribution is 2.36. The normalized spacial score (nSPS) is 12.3. The second-order valence-corrected chi connectivity index (χ2v) is 8.35. The van der Waals surface area contributed by atoms with Crippen LogP contribution in [0.4, 0.5) is 18.9 Å². The van der Waals surface area contributed by atoms with Crippen LogP contribution >= 0.6 is 23.2 Å². The number of likely N-dealkylation sites (N-methyl/N-ethyl adjacent to an activating group) is 1. The number of amides is 1. The van der Waals surface area contributed by atoms with Crippen molar-refractivity contribution in [2.75, 3.05) is 18.9 Å². The lowest BCUT2D eigenvalue weighted by atomic mass is 10.2. The SMILES string of the molecule is CN(CC(=O)Nc1cccc(Cl)c1)S(=O)(=O)c1ccc(Cl)c(C(F)(F)F)c1. The lowest BCUT2D eigenvalue weighted by Gasteiger charge is -2.18. The summed E-state index contributed by atoms with van der Waals surface area (Å²) in [7, 11) is -3.27. The fourth-order valence-corrected chi connectivity index (χ4v) is 3.68. The quantitative estimate of drug-likeness (QED) is 0.754. The van der Waals surface area contributed by atoms with Crippen LogP contribution in [0.1, 0.15) is 5.56 Å². The van der Waals surface area contributed by atoms with Crippen molar-refractivity contribution < 1.29 is 26.4 Å². The molecule has 2 aromatic carbocycles. The fraction of sp³-hybridized carbons (Fsp3) is 0.188. The highest BCUT2D eigenvalue weighted by atomic mass is 35.5. The average Bonchev–Trinajstić information content (AvgIpc) is 2.53. The average molecular weight is 441 g/mol. The molecular weight excluding hydrogens is 428 g/mol. The van der Waals surface area contributed by atoms with Crippen molar-refractivity contribution in [3.8, 4) is 0 Å². The Bertz CT molecular complexity index is 966. The van der Waals surface area contributed by atoms with Gasteiger partial charge in [0.25, 0.3) is 0 Å². The van der Waals surface area contributed by atoms with Crippen molar-refractivity contribution in [2.24, 2.45) is 0 Å². The number of nitrogens with zero attached hydrogens (tertiary/aromatic N) is 1. The van der Waals surface area contributed by atoms with Gasteiger partial charge in [0.1, 0.15) is 0 Å². The Labute approximate surface area is 163 Å². The van der Waals surface area contributed by atoms with Gasteiger partial charge in [-0.2, -0.15) is 17.5 Å². The third-order valence-electron chi connectivity index (χ3n) is 3.43. The Morgan fingerprint density at radius 2 is 1.81 bits per heavy atom. The molecule has 0 bridgehead atoms. The predicted octanol–water partition coefficient (Wildman–Crippen LogP) is 4.27. The minimum absolute atomic E-state index is 0.351. The summed E-state index contributed by atoms with van der Waals surface area (Å²) in [6, 6.07) is 8.41. The molecular formula is C16H13Cl2F3N2O3S. The maximum absolute atomic E-state index is 12.9. The van der Waals surface area contributed by atoms with Crippen LogP contribution in [-0.2, 0) is 21.0 Å². The molecule has 0 unspecified atom stereocenters. The summed E-state index contributed by atoms with van der Waals surface area (Å²) in [5.74, 6) is -0.687. The van der Waals surface area contributed by atoms with E-state index < -0.39 is 44.1 Å². The van der Waals surface area contributed by atoms with E-state index in [9.17, 15) is 26.4 Å². The number of anilines is 1. The molecule has 11 heteroatoms. The predicted molar refractivity (Wildman–Crippen MR) is 96.4 cm³/mol. The first-order chi connectivity index (χ1) is 12.4. The van der Waals surface area contributed by atoms with Gasteiger partial charge in [0.05, 0.1) is 22.0 Å². The molecule has 0 saturated heterocycles. The minimum atomic E-state index is -4.81. The third kappa shape index (κ3) is 5.35. The summed E-state index contributed by atoms with van der Waals surface area (Å²) in [6.45, 7) is -0.612. The number of benzene rings is 2. The molecule has 2 rings (SSSR count). The first kappa shape index (κ1) is 21.5. The number of hydrogen-bond acceptors (Lipinski definition) is 3. The molecule has 0 aliphatic heterocycles. The van der Waals surface area contributed by atoms with E-state index in [1.54, 1.807) is 18.2 Å². The molecule has 5 nitrogen and oxygen atoms in total. The summed E-state index contributed by atoms with van der Waals surface area (Å²) >= 11 is 11.3. The van der Waals surface area contributed by atoms with Crippen LogP contribution in [0, 0.1) is 0 Å². The van der Waals surface area contributed by atoms with Crippen LogP contribution in [-0.4, -0.2) is 32.2 Å². The first-order valence-electron chi connectivity index (χ1n) is 7.30. The molecule has 0 atom stereocenters. The number of hydrogen-bond donors (Lipinski definition) is 1. The molecule has 0 spiro atoms. The number of rotatable bonds is 5. The molecule has 2 aromatic rings. The zero-order valence-corrected chi connectivity index (χ0v) is 16.0. The number of carbonyl (C=O) groups is 1.